The zero-order valence-electron chi connectivity index (χ0n) is 8.33. The first kappa shape index (κ1) is 10.1. The van der Waals surface area contributed by atoms with Crippen molar-refractivity contribution in [2.75, 3.05) is 25.1 Å². The number of anilines is 1. The smallest absolute Gasteiger partial charge is 0.105 e. The molecule has 0 amide bonds. The molecule has 0 aromatic carbocycles. The Bertz CT molecular complexity index is 217. The number of aromatic nitrogens is 1. The molecule has 1 rings (SSSR count). The molecule has 74 valence electrons. The van der Waals surface area contributed by atoms with Gasteiger partial charge in [0.1, 0.15) is 5.82 Å². The van der Waals surface area contributed by atoms with E-state index in [4.69, 9.17) is 5.11 Å². The van der Waals surface area contributed by atoms with Crippen LogP contribution in [0.1, 0.15) is 13.3 Å². The number of aliphatic hydroxyl groups excluding tert-OH is 1. The number of H-pyrrole nitrogens is 1. The Hall–Kier alpha value is -0.960. The number of rotatable bonds is 5. The van der Waals surface area contributed by atoms with Gasteiger partial charge in [-0.25, -0.2) is 0 Å². The lowest BCUT2D eigenvalue weighted by atomic mass is 10.1. The minimum Gasteiger partial charge on any atom is -0.396 e. The van der Waals surface area contributed by atoms with E-state index in [1.165, 1.54) is 0 Å². The van der Waals surface area contributed by atoms with Gasteiger partial charge in [-0.3, -0.25) is 0 Å². The number of nitrogens with zero attached hydrogens (tertiary/aromatic N) is 1. The van der Waals surface area contributed by atoms with Crippen molar-refractivity contribution < 1.29 is 5.11 Å². The van der Waals surface area contributed by atoms with E-state index in [0.29, 0.717) is 5.92 Å². The molecule has 0 aliphatic carbocycles. The summed E-state index contributed by atoms with van der Waals surface area (Å²) in [6.07, 6.45) is 2.92. The van der Waals surface area contributed by atoms with Crippen LogP contribution in [0.4, 0.5) is 5.82 Å². The summed E-state index contributed by atoms with van der Waals surface area (Å²) in [7, 11) is 2.03. The highest BCUT2D eigenvalue weighted by Gasteiger charge is 2.08. The number of hydrogen-bond acceptors (Lipinski definition) is 2. The van der Waals surface area contributed by atoms with Gasteiger partial charge in [-0.15, -0.1) is 0 Å². The van der Waals surface area contributed by atoms with Gasteiger partial charge < -0.3 is 15.0 Å². The second-order valence-electron chi connectivity index (χ2n) is 3.39. The summed E-state index contributed by atoms with van der Waals surface area (Å²) in [4.78, 5) is 5.26. The third-order valence-electron chi connectivity index (χ3n) is 2.36. The van der Waals surface area contributed by atoms with Crippen LogP contribution in [0.15, 0.2) is 18.3 Å². The van der Waals surface area contributed by atoms with Crippen LogP contribution in [-0.4, -0.2) is 30.3 Å². The highest BCUT2D eigenvalue weighted by Crippen LogP contribution is 2.11. The van der Waals surface area contributed by atoms with Gasteiger partial charge in [-0.1, -0.05) is 6.92 Å². The van der Waals surface area contributed by atoms with Gasteiger partial charge in [0.25, 0.3) is 0 Å². The first-order chi connectivity index (χ1) is 6.27. The molecular formula is C10H18N2O. The van der Waals surface area contributed by atoms with Crippen LogP contribution in [0, 0.1) is 5.92 Å². The number of hydrogen-bond donors (Lipinski definition) is 2. The van der Waals surface area contributed by atoms with Gasteiger partial charge in [0.15, 0.2) is 0 Å². The van der Waals surface area contributed by atoms with Gasteiger partial charge in [0.05, 0.1) is 0 Å². The second-order valence-corrected chi connectivity index (χ2v) is 3.39. The molecule has 0 aliphatic heterocycles. The number of nitrogens with one attached hydrogen (secondary N) is 1. The lowest BCUT2D eigenvalue weighted by Crippen LogP contribution is -2.27. The third kappa shape index (κ3) is 2.77. The molecule has 0 fully saturated rings. The van der Waals surface area contributed by atoms with Crippen LogP contribution in [0.2, 0.25) is 0 Å². The Morgan fingerprint density at radius 3 is 2.85 bits per heavy atom. The summed E-state index contributed by atoms with van der Waals surface area (Å²) in [6.45, 7) is 3.26. The molecule has 0 saturated carbocycles. The average Bonchev–Trinajstić information content (AvgIpc) is 2.66. The summed E-state index contributed by atoms with van der Waals surface area (Å²) in [6, 6.07) is 4.01. The molecule has 1 atom stereocenters. The van der Waals surface area contributed by atoms with E-state index in [9.17, 15) is 0 Å². The minimum atomic E-state index is 0.265. The largest absolute Gasteiger partial charge is 0.396 e. The maximum Gasteiger partial charge on any atom is 0.105 e. The molecule has 1 unspecified atom stereocenters. The number of aromatic amines is 1. The van der Waals surface area contributed by atoms with Crippen molar-refractivity contribution in [1.82, 2.24) is 4.98 Å². The Kier molecular flexibility index (Phi) is 3.83. The molecule has 1 aromatic heterocycles. The standard InChI is InChI=1S/C10H18N2O/c1-3-9(8-13)7-12(2)10-5-4-6-11-10/h4-6,9,11,13H,3,7-8H2,1-2H3. The maximum atomic E-state index is 9.04. The first-order valence-corrected chi connectivity index (χ1v) is 4.73. The molecule has 0 spiro atoms. The Morgan fingerprint density at radius 1 is 1.62 bits per heavy atom. The van der Waals surface area contributed by atoms with E-state index in [1.807, 2.05) is 25.4 Å². The monoisotopic (exact) mass is 182 g/mol. The van der Waals surface area contributed by atoms with E-state index >= 15 is 0 Å². The summed E-state index contributed by atoms with van der Waals surface area (Å²) in [5, 5.41) is 9.04. The molecular weight excluding hydrogens is 164 g/mol. The van der Waals surface area contributed by atoms with E-state index in [0.717, 1.165) is 18.8 Å². The van der Waals surface area contributed by atoms with Crippen molar-refractivity contribution in [2.45, 2.75) is 13.3 Å². The summed E-state index contributed by atoms with van der Waals surface area (Å²) < 4.78 is 0. The Balaban J connectivity index is 2.45. The van der Waals surface area contributed by atoms with Crippen LogP contribution in [0.3, 0.4) is 0 Å². The normalized spacial score (nSPS) is 12.8. The average molecular weight is 182 g/mol. The summed E-state index contributed by atoms with van der Waals surface area (Å²) in [5.41, 5.74) is 0. The molecule has 3 heteroatoms. The molecule has 0 bridgehead atoms. The second kappa shape index (κ2) is 4.92. The van der Waals surface area contributed by atoms with E-state index < -0.39 is 0 Å². The minimum absolute atomic E-state index is 0.265. The summed E-state index contributed by atoms with van der Waals surface area (Å²) >= 11 is 0. The predicted octanol–water partition coefficient (Wildman–Crippen LogP) is 1.47. The Morgan fingerprint density at radius 2 is 2.38 bits per heavy atom. The van der Waals surface area contributed by atoms with Crippen molar-refractivity contribution in [3.8, 4) is 0 Å². The van der Waals surface area contributed by atoms with Crippen LogP contribution >= 0.6 is 0 Å². The van der Waals surface area contributed by atoms with E-state index in [1.54, 1.807) is 0 Å². The topological polar surface area (TPSA) is 39.3 Å². The zero-order valence-corrected chi connectivity index (χ0v) is 8.33. The van der Waals surface area contributed by atoms with Crippen molar-refractivity contribution in [3.63, 3.8) is 0 Å². The molecule has 13 heavy (non-hydrogen) atoms. The van der Waals surface area contributed by atoms with Gasteiger partial charge in [-0.05, 0) is 24.5 Å². The fraction of sp³-hybridized carbons (Fsp3) is 0.600. The molecule has 1 aromatic rings. The van der Waals surface area contributed by atoms with Crippen LogP contribution < -0.4 is 4.90 Å². The van der Waals surface area contributed by atoms with Gasteiger partial charge in [0.2, 0.25) is 0 Å². The van der Waals surface area contributed by atoms with Crippen LogP contribution in [0.25, 0.3) is 0 Å². The lowest BCUT2D eigenvalue weighted by molar-refractivity contribution is 0.225. The van der Waals surface area contributed by atoms with Crippen molar-refractivity contribution in [1.29, 1.82) is 0 Å². The van der Waals surface area contributed by atoms with Crippen molar-refractivity contribution in [2.24, 2.45) is 5.92 Å². The molecule has 1 heterocycles. The maximum absolute atomic E-state index is 9.04. The fourth-order valence-electron chi connectivity index (χ4n) is 1.36. The van der Waals surface area contributed by atoms with E-state index in [-0.39, 0.29) is 6.61 Å². The molecule has 0 aliphatic rings. The quantitative estimate of drug-likeness (QED) is 0.723. The molecule has 3 nitrogen and oxygen atoms in total. The third-order valence-corrected chi connectivity index (χ3v) is 2.36. The predicted molar refractivity (Wildman–Crippen MR) is 54.9 cm³/mol. The van der Waals surface area contributed by atoms with Gasteiger partial charge in [0, 0.05) is 26.4 Å². The zero-order chi connectivity index (χ0) is 9.68. The van der Waals surface area contributed by atoms with Crippen molar-refractivity contribution in [3.05, 3.63) is 18.3 Å². The van der Waals surface area contributed by atoms with Gasteiger partial charge in [-0.2, -0.15) is 0 Å². The lowest BCUT2D eigenvalue weighted by Gasteiger charge is -2.22. The first-order valence-electron chi connectivity index (χ1n) is 4.73. The van der Waals surface area contributed by atoms with Crippen LogP contribution in [-0.2, 0) is 0 Å². The fourth-order valence-corrected chi connectivity index (χ4v) is 1.36. The molecule has 0 saturated heterocycles. The molecule has 0 radical (unpaired) electrons. The van der Waals surface area contributed by atoms with Crippen LogP contribution in [0.5, 0.6) is 0 Å². The van der Waals surface area contributed by atoms with Gasteiger partial charge >= 0.3 is 0 Å². The van der Waals surface area contributed by atoms with Crippen molar-refractivity contribution >= 4 is 5.82 Å². The highest BCUT2D eigenvalue weighted by molar-refractivity contribution is 5.37. The summed E-state index contributed by atoms with van der Waals surface area (Å²) in [5.74, 6) is 1.47. The Labute approximate surface area is 79.4 Å². The molecule has 2 N–H and O–H groups in total. The number of aliphatic hydroxyl groups is 1. The van der Waals surface area contributed by atoms with E-state index in [2.05, 4.69) is 16.8 Å². The SMILES string of the molecule is CCC(CO)CN(C)c1ccc[nH]1. The highest BCUT2D eigenvalue weighted by atomic mass is 16.3.